The van der Waals surface area contributed by atoms with Crippen LogP contribution in [-0.4, -0.2) is 11.7 Å². The van der Waals surface area contributed by atoms with Crippen molar-refractivity contribution in [1.82, 2.24) is 0 Å². The van der Waals surface area contributed by atoms with Crippen LogP contribution in [0, 0.1) is 6.92 Å². The van der Waals surface area contributed by atoms with E-state index in [1.54, 1.807) is 13.0 Å². The van der Waals surface area contributed by atoms with E-state index < -0.39 is 5.97 Å². The van der Waals surface area contributed by atoms with Gasteiger partial charge in [0.05, 0.1) is 11.3 Å². The molecule has 1 aliphatic heterocycles. The molecule has 1 aliphatic rings. The van der Waals surface area contributed by atoms with Crippen molar-refractivity contribution in [2.24, 2.45) is 5.16 Å². The second-order valence-corrected chi connectivity index (χ2v) is 5.43. The molecular formula is C19H17NO3. The molecule has 4 heteroatoms. The van der Waals surface area contributed by atoms with Gasteiger partial charge in [-0.15, -0.1) is 0 Å². The van der Waals surface area contributed by atoms with Crippen molar-refractivity contribution in [2.45, 2.75) is 20.5 Å². The molecule has 0 aromatic heterocycles. The van der Waals surface area contributed by atoms with Gasteiger partial charge in [0.2, 0.25) is 0 Å². The molecule has 0 atom stereocenters. The monoisotopic (exact) mass is 307 g/mol. The van der Waals surface area contributed by atoms with E-state index in [0.717, 1.165) is 11.1 Å². The Balaban J connectivity index is 1.81. The maximum atomic E-state index is 11.7. The minimum Gasteiger partial charge on any atom is -0.488 e. The van der Waals surface area contributed by atoms with Crippen molar-refractivity contribution < 1.29 is 14.4 Å². The summed E-state index contributed by atoms with van der Waals surface area (Å²) in [7, 11) is 0. The van der Waals surface area contributed by atoms with E-state index in [4.69, 9.17) is 4.74 Å². The number of benzene rings is 2. The number of oxime groups is 1. The van der Waals surface area contributed by atoms with Crippen LogP contribution in [0.5, 0.6) is 5.75 Å². The number of ether oxygens (including phenoxy) is 1. The molecule has 4 nitrogen and oxygen atoms in total. The fraction of sp³-hybridized carbons (Fsp3) is 0.158. The maximum Gasteiger partial charge on any atom is 0.367 e. The molecule has 0 aliphatic carbocycles. The molecule has 23 heavy (non-hydrogen) atoms. The summed E-state index contributed by atoms with van der Waals surface area (Å²) in [5.74, 6) is 0.281. The number of carbonyl (C=O) groups is 1. The maximum absolute atomic E-state index is 11.7. The van der Waals surface area contributed by atoms with Gasteiger partial charge in [-0.1, -0.05) is 53.2 Å². The molecule has 1 heterocycles. The fourth-order valence-corrected chi connectivity index (χ4v) is 2.25. The van der Waals surface area contributed by atoms with Gasteiger partial charge in [0.25, 0.3) is 0 Å². The van der Waals surface area contributed by atoms with Crippen LogP contribution in [0.1, 0.15) is 23.6 Å². The predicted octanol–water partition coefficient (Wildman–Crippen LogP) is 3.89. The van der Waals surface area contributed by atoms with Gasteiger partial charge in [0.1, 0.15) is 12.4 Å². The Hall–Kier alpha value is -2.88. The lowest BCUT2D eigenvalue weighted by atomic mass is 10.1. The molecule has 2 aromatic rings. The number of carbonyl (C=O) groups excluding carboxylic acids is 1. The Bertz CT molecular complexity index is 789. The summed E-state index contributed by atoms with van der Waals surface area (Å²) in [5.41, 5.74) is 4.16. The van der Waals surface area contributed by atoms with E-state index >= 15 is 0 Å². The Labute approximate surface area is 135 Å². The van der Waals surface area contributed by atoms with Crippen molar-refractivity contribution in [1.29, 1.82) is 0 Å². The van der Waals surface area contributed by atoms with E-state index in [1.165, 1.54) is 5.56 Å². The van der Waals surface area contributed by atoms with E-state index in [-0.39, 0.29) is 0 Å². The Morgan fingerprint density at radius 3 is 2.52 bits per heavy atom. The summed E-state index contributed by atoms with van der Waals surface area (Å²) in [5, 5.41) is 3.68. The van der Waals surface area contributed by atoms with Gasteiger partial charge in [0, 0.05) is 5.56 Å². The molecule has 0 saturated heterocycles. The number of nitrogens with zero attached hydrogens (tertiary/aromatic N) is 1. The third kappa shape index (κ3) is 3.48. The zero-order valence-corrected chi connectivity index (χ0v) is 13.1. The molecule has 116 valence electrons. The fourth-order valence-electron chi connectivity index (χ4n) is 2.25. The van der Waals surface area contributed by atoms with Gasteiger partial charge in [-0.3, -0.25) is 0 Å². The molecular weight excluding hydrogens is 290 g/mol. The quantitative estimate of drug-likeness (QED) is 0.636. The zero-order chi connectivity index (χ0) is 16.2. The number of rotatable bonds is 4. The minimum absolute atomic E-state index is 0.434. The normalized spacial score (nSPS) is 15.5. The highest BCUT2D eigenvalue weighted by Crippen LogP contribution is 2.24. The number of hydrogen-bond donors (Lipinski definition) is 0. The van der Waals surface area contributed by atoms with Crippen LogP contribution >= 0.6 is 0 Å². The zero-order valence-electron chi connectivity index (χ0n) is 13.1. The number of hydrogen-bond acceptors (Lipinski definition) is 4. The van der Waals surface area contributed by atoms with Gasteiger partial charge in [0.15, 0.2) is 0 Å². The van der Waals surface area contributed by atoms with Gasteiger partial charge in [-0.05, 0) is 31.6 Å². The van der Waals surface area contributed by atoms with Crippen molar-refractivity contribution in [3.05, 3.63) is 70.8 Å². The highest BCUT2D eigenvalue weighted by atomic mass is 16.7. The average molecular weight is 307 g/mol. The van der Waals surface area contributed by atoms with Crippen molar-refractivity contribution in [3.63, 3.8) is 0 Å². The summed E-state index contributed by atoms with van der Waals surface area (Å²) < 4.78 is 5.91. The second-order valence-electron chi connectivity index (χ2n) is 5.43. The van der Waals surface area contributed by atoms with Crippen LogP contribution in [0.15, 0.2) is 59.3 Å². The SMILES string of the molecule is CC1=NOC(=O)C1=Cc1ccccc1OCc1ccc(C)cc1. The third-order valence-electron chi connectivity index (χ3n) is 3.61. The number of para-hydroxylation sites is 1. The van der Waals surface area contributed by atoms with Crippen molar-refractivity contribution in [3.8, 4) is 5.75 Å². The van der Waals surface area contributed by atoms with Crippen LogP contribution in [0.3, 0.4) is 0 Å². The van der Waals surface area contributed by atoms with Crippen LogP contribution in [0.4, 0.5) is 0 Å². The molecule has 0 radical (unpaired) electrons. The summed E-state index contributed by atoms with van der Waals surface area (Å²) in [6.45, 7) is 4.27. The molecule has 0 amide bonds. The van der Waals surface area contributed by atoms with Crippen LogP contribution < -0.4 is 4.74 Å². The first-order valence-electron chi connectivity index (χ1n) is 7.39. The first kappa shape index (κ1) is 15.0. The van der Waals surface area contributed by atoms with E-state index in [1.807, 2.05) is 36.4 Å². The summed E-state index contributed by atoms with van der Waals surface area (Å²) in [6, 6.07) is 15.8. The Morgan fingerprint density at radius 1 is 1.09 bits per heavy atom. The molecule has 0 unspecified atom stereocenters. The summed E-state index contributed by atoms with van der Waals surface area (Å²) in [4.78, 5) is 16.3. The minimum atomic E-state index is -0.434. The van der Waals surface area contributed by atoms with Gasteiger partial charge >= 0.3 is 5.97 Å². The summed E-state index contributed by atoms with van der Waals surface area (Å²) in [6.07, 6.45) is 1.75. The number of aryl methyl sites for hydroxylation is 1. The summed E-state index contributed by atoms with van der Waals surface area (Å²) >= 11 is 0. The Morgan fingerprint density at radius 2 is 1.83 bits per heavy atom. The van der Waals surface area contributed by atoms with Crippen LogP contribution in [0.25, 0.3) is 6.08 Å². The van der Waals surface area contributed by atoms with Crippen molar-refractivity contribution in [2.75, 3.05) is 0 Å². The smallest absolute Gasteiger partial charge is 0.367 e. The first-order valence-corrected chi connectivity index (χ1v) is 7.39. The Kier molecular flexibility index (Phi) is 4.24. The van der Waals surface area contributed by atoms with E-state index in [9.17, 15) is 4.79 Å². The van der Waals surface area contributed by atoms with Crippen LogP contribution in [-0.2, 0) is 16.2 Å². The third-order valence-corrected chi connectivity index (χ3v) is 3.61. The molecule has 2 aromatic carbocycles. The lowest BCUT2D eigenvalue weighted by Crippen LogP contribution is -2.02. The van der Waals surface area contributed by atoms with Crippen molar-refractivity contribution >= 4 is 17.8 Å². The molecule has 0 spiro atoms. The molecule has 0 saturated carbocycles. The largest absolute Gasteiger partial charge is 0.488 e. The van der Waals surface area contributed by atoms with E-state index in [0.29, 0.717) is 23.6 Å². The molecule has 3 rings (SSSR count). The molecule has 0 bridgehead atoms. The van der Waals surface area contributed by atoms with Gasteiger partial charge in [-0.2, -0.15) is 0 Å². The van der Waals surface area contributed by atoms with Gasteiger partial charge in [-0.25, -0.2) is 4.79 Å². The predicted molar refractivity (Wildman–Crippen MR) is 89.1 cm³/mol. The highest BCUT2D eigenvalue weighted by molar-refractivity contribution is 6.24. The van der Waals surface area contributed by atoms with Gasteiger partial charge < -0.3 is 9.57 Å². The molecule has 0 fully saturated rings. The lowest BCUT2D eigenvalue weighted by molar-refractivity contribution is -0.136. The topological polar surface area (TPSA) is 47.9 Å². The first-order chi connectivity index (χ1) is 11.1. The molecule has 0 N–H and O–H groups in total. The lowest BCUT2D eigenvalue weighted by Gasteiger charge is -2.10. The standard InChI is InChI=1S/C19H17NO3/c1-13-7-9-15(10-8-13)12-22-18-6-4-3-5-16(18)11-17-14(2)20-23-19(17)21/h3-11H,12H2,1-2H3. The van der Waals surface area contributed by atoms with Crippen LogP contribution in [0.2, 0.25) is 0 Å². The average Bonchev–Trinajstić information content (AvgIpc) is 2.87. The second kappa shape index (κ2) is 6.48. The van der Waals surface area contributed by atoms with E-state index in [2.05, 4.69) is 29.0 Å². The highest BCUT2D eigenvalue weighted by Gasteiger charge is 2.22.